The first-order valence-electron chi connectivity index (χ1n) is 12.6. The molecule has 2 heterocycles. The van der Waals surface area contributed by atoms with Gasteiger partial charge in [-0.3, -0.25) is 14.5 Å². The second kappa shape index (κ2) is 12.1. The Morgan fingerprint density at radius 1 is 1.25 bits per heavy atom. The molecule has 1 aliphatic carbocycles. The summed E-state index contributed by atoms with van der Waals surface area (Å²) in [5.41, 5.74) is 9.39. The van der Waals surface area contributed by atoms with E-state index in [1.54, 1.807) is 41.3 Å². The van der Waals surface area contributed by atoms with Gasteiger partial charge in [0, 0.05) is 28.4 Å². The third-order valence-electron chi connectivity index (χ3n) is 6.49. The third-order valence-corrected chi connectivity index (χ3v) is 8.88. The Morgan fingerprint density at radius 3 is 2.75 bits per heavy atom. The van der Waals surface area contributed by atoms with Crippen molar-refractivity contribution >= 4 is 57.2 Å². The first kappa shape index (κ1) is 27.7. The van der Waals surface area contributed by atoms with Crippen molar-refractivity contribution in [3.8, 4) is 11.8 Å². The number of nitrogens with two attached hydrogens (primary N) is 1. The van der Waals surface area contributed by atoms with Crippen molar-refractivity contribution < 1.29 is 14.3 Å². The van der Waals surface area contributed by atoms with Crippen molar-refractivity contribution in [2.75, 3.05) is 22.6 Å². The summed E-state index contributed by atoms with van der Waals surface area (Å²) < 4.78 is 5.98. The van der Waals surface area contributed by atoms with E-state index in [1.165, 1.54) is 23.1 Å². The number of nitrogens with one attached hydrogen (secondary N) is 1. The molecule has 40 heavy (non-hydrogen) atoms. The number of benzene rings is 2. The number of ether oxygens (including phenoxy) is 1. The average molecular weight is 593 g/mol. The van der Waals surface area contributed by atoms with Gasteiger partial charge in [-0.15, -0.1) is 10.2 Å². The van der Waals surface area contributed by atoms with Gasteiger partial charge >= 0.3 is 0 Å². The van der Waals surface area contributed by atoms with Gasteiger partial charge in [0.1, 0.15) is 11.6 Å². The monoisotopic (exact) mass is 592 g/mol. The molecule has 0 fully saturated rings. The number of anilines is 2. The standard InChI is InChI=1S/C28H25ClN6O3S2/c1-2-38-17-12-10-16(11-13-17)32-23(37)15-39-28-34-33-27(40-28)35-21-8-5-9-22(36)25(21)24(19(14-30)26(35)31)18-6-3-4-7-20(18)29/h3-4,6-7,10-13,24H,2,5,8-9,15,31H2,1H3,(H,32,37). The minimum atomic E-state index is -0.647. The normalized spacial score (nSPS) is 17.0. The number of rotatable bonds is 8. The number of allylic oxidation sites excluding steroid dienone is 3. The summed E-state index contributed by atoms with van der Waals surface area (Å²) in [5, 5.41) is 22.5. The predicted molar refractivity (Wildman–Crippen MR) is 156 cm³/mol. The van der Waals surface area contributed by atoms with Crippen LogP contribution in [-0.2, 0) is 9.59 Å². The molecule has 1 atom stereocenters. The predicted octanol–water partition coefficient (Wildman–Crippen LogP) is 5.63. The highest BCUT2D eigenvalue weighted by Gasteiger charge is 2.41. The SMILES string of the molecule is CCOc1ccc(NC(=O)CSc2nnc(N3C(N)=C(C#N)C(c4ccccc4Cl)C4=C3CCCC4=O)s2)cc1. The first-order chi connectivity index (χ1) is 19.4. The molecule has 3 aromatic rings. The summed E-state index contributed by atoms with van der Waals surface area (Å²) in [5.74, 6) is 0.171. The van der Waals surface area contributed by atoms with E-state index in [0.717, 1.165) is 5.75 Å². The molecule has 0 spiro atoms. The topological polar surface area (TPSA) is 134 Å². The molecule has 12 heteroatoms. The van der Waals surface area contributed by atoms with Gasteiger partial charge in [0.25, 0.3) is 0 Å². The Labute approximate surface area is 244 Å². The highest BCUT2D eigenvalue weighted by atomic mass is 35.5. The van der Waals surface area contributed by atoms with Gasteiger partial charge in [0.15, 0.2) is 10.1 Å². The molecule has 3 N–H and O–H groups in total. The molecule has 9 nitrogen and oxygen atoms in total. The van der Waals surface area contributed by atoms with E-state index < -0.39 is 5.92 Å². The van der Waals surface area contributed by atoms with Crippen LogP contribution in [0.25, 0.3) is 0 Å². The van der Waals surface area contributed by atoms with Crippen LogP contribution >= 0.6 is 34.7 Å². The summed E-state index contributed by atoms with van der Waals surface area (Å²) in [6.07, 6.45) is 1.63. The number of aromatic nitrogens is 2. The summed E-state index contributed by atoms with van der Waals surface area (Å²) in [7, 11) is 0. The number of halogens is 1. The van der Waals surface area contributed by atoms with Crippen LogP contribution in [0, 0.1) is 11.3 Å². The molecule has 0 bridgehead atoms. The molecular weight excluding hydrogens is 568 g/mol. The van der Waals surface area contributed by atoms with Crippen molar-refractivity contribution in [2.24, 2.45) is 5.73 Å². The van der Waals surface area contributed by atoms with Crippen molar-refractivity contribution in [3.63, 3.8) is 0 Å². The number of thioether (sulfide) groups is 1. The van der Waals surface area contributed by atoms with Crippen LogP contribution in [0.2, 0.25) is 5.02 Å². The minimum absolute atomic E-state index is 0.0403. The number of nitriles is 1. The third kappa shape index (κ3) is 5.56. The van der Waals surface area contributed by atoms with Crippen molar-refractivity contribution in [1.82, 2.24) is 10.2 Å². The van der Waals surface area contributed by atoms with Crippen molar-refractivity contribution in [1.29, 1.82) is 5.26 Å². The Hall–Kier alpha value is -3.85. The largest absolute Gasteiger partial charge is 0.494 e. The number of hydrogen-bond donors (Lipinski definition) is 2. The highest BCUT2D eigenvalue weighted by molar-refractivity contribution is 8.01. The number of ketones is 1. The van der Waals surface area contributed by atoms with Crippen LogP contribution in [0.15, 0.2) is 75.5 Å². The van der Waals surface area contributed by atoms with Crippen LogP contribution < -0.4 is 20.7 Å². The maximum absolute atomic E-state index is 13.3. The van der Waals surface area contributed by atoms with Gasteiger partial charge in [0.2, 0.25) is 11.0 Å². The lowest BCUT2D eigenvalue weighted by Crippen LogP contribution is -2.38. The Bertz CT molecular complexity index is 1560. The van der Waals surface area contributed by atoms with Gasteiger partial charge < -0.3 is 15.8 Å². The number of amides is 1. The summed E-state index contributed by atoms with van der Waals surface area (Å²) >= 11 is 9.00. The van der Waals surface area contributed by atoms with Crippen LogP contribution in [0.3, 0.4) is 0 Å². The lowest BCUT2D eigenvalue weighted by Gasteiger charge is -2.38. The molecular formula is C28H25ClN6O3S2. The van der Waals surface area contributed by atoms with Gasteiger partial charge in [-0.25, -0.2) is 0 Å². The molecule has 2 aromatic carbocycles. The summed E-state index contributed by atoms with van der Waals surface area (Å²) in [4.78, 5) is 27.5. The van der Waals surface area contributed by atoms with Crippen molar-refractivity contribution in [2.45, 2.75) is 36.4 Å². The summed E-state index contributed by atoms with van der Waals surface area (Å²) in [6, 6.07) is 16.6. The molecule has 1 aliphatic heterocycles. The molecule has 1 amide bonds. The molecule has 204 valence electrons. The minimum Gasteiger partial charge on any atom is -0.494 e. The summed E-state index contributed by atoms with van der Waals surface area (Å²) in [6.45, 7) is 2.48. The fourth-order valence-electron chi connectivity index (χ4n) is 4.80. The Balaban J connectivity index is 1.37. The molecule has 5 rings (SSSR count). The lowest BCUT2D eigenvalue weighted by atomic mass is 9.76. The first-order valence-corrected chi connectivity index (χ1v) is 14.8. The quantitative estimate of drug-likeness (QED) is 0.319. The van der Waals surface area contributed by atoms with Crippen LogP contribution in [0.5, 0.6) is 5.75 Å². The maximum atomic E-state index is 13.3. The average Bonchev–Trinajstić information content (AvgIpc) is 3.41. The van der Waals surface area contributed by atoms with Crippen LogP contribution in [0.1, 0.15) is 37.7 Å². The highest BCUT2D eigenvalue weighted by Crippen LogP contribution is 2.48. The van der Waals surface area contributed by atoms with E-state index >= 15 is 0 Å². The molecule has 1 aromatic heterocycles. The second-order valence-corrected chi connectivity index (χ2v) is 11.6. The molecule has 1 unspecified atom stereocenters. The number of Topliss-reactive ketones (excluding diaryl/α,β-unsaturated/α-hetero) is 1. The van der Waals surface area contributed by atoms with E-state index in [2.05, 4.69) is 21.6 Å². The van der Waals surface area contributed by atoms with Crippen LogP contribution in [-0.4, -0.2) is 34.2 Å². The fourth-order valence-corrected chi connectivity index (χ4v) is 6.73. The fraction of sp³-hybridized carbons (Fsp3) is 0.250. The van der Waals surface area contributed by atoms with E-state index in [0.29, 0.717) is 62.9 Å². The van der Waals surface area contributed by atoms with Gasteiger partial charge in [-0.05, 0) is 55.7 Å². The Morgan fingerprint density at radius 2 is 2.02 bits per heavy atom. The van der Waals surface area contributed by atoms with E-state index in [9.17, 15) is 14.9 Å². The number of carbonyl (C=O) groups excluding carboxylic acids is 2. The smallest absolute Gasteiger partial charge is 0.234 e. The molecule has 0 saturated carbocycles. The van der Waals surface area contributed by atoms with Gasteiger partial charge in [0.05, 0.1) is 29.9 Å². The number of carbonyl (C=O) groups is 2. The number of nitrogens with zero attached hydrogens (tertiary/aromatic N) is 4. The molecule has 2 aliphatic rings. The molecule has 0 saturated heterocycles. The second-order valence-electron chi connectivity index (χ2n) is 8.98. The zero-order valence-corrected chi connectivity index (χ0v) is 23.9. The zero-order chi connectivity index (χ0) is 28.2. The van der Waals surface area contributed by atoms with Crippen LogP contribution in [0.4, 0.5) is 10.8 Å². The zero-order valence-electron chi connectivity index (χ0n) is 21.5. The molecule has 0 radical (unpaired) electrons. The van der Waals surface area contributed by atoms with Crippen molar-refractivity contribution in [3.05, 3.63) is 81.8 Å². The Kier molecular flexibility index (Phi) is 8.40. The number of hydrogen-bond acceptors (Lipinski definition) is 10. The maximum Gasteiger partial charge on any atom is 0.234 e. The van der Waals surface area contributed by atoms with E-state index in [-0.39, 0.29) is 28.8 Å². The lowest BCUT2D eigenvalue weighted by molar-refractivity contribution is -0.116. The van der Waals surface area contributed by atoms with Gasteiger partial charge in [-0.1, -0.05) is 52.9 Å². The van der Waals surface area contributed by atoms with Gasteiger partial charge in [-0.2, -0.15) is 5.26 Å². The van der Waals surface area contributed by atoms with E-state index in [1.807, 2.05) is 19.1 Å². The van der Waals surface area contributed by atoms with E-state index in [4.69, 9.17) is 22.1 Å².